The summed E-state index contributed by atoms with van der Waals surface area (Å²) in [7, 11) is 0. The van der Waals surface area contributed by atoms with Crippen LogP contribution in [-0.4, -0.2) is 11.4 Å². The molecule has 3 aromatic rings. The zero-order chi connectivity index (χ0) is 18.6. The van der Waals surface area contributed by atoms with Crippen molar-refractivity contribution in [2.24, 2.45) is 0 Å². The summed E-state index contributed by atoms with van der Waals surface area (Å²) < 4.78 is 0. The van der Waals surface area contributed by atoms with Gasteiger partial charge in [0, 0.05) is 23.1 Å². The largest absolute Gasteiger partial charge is 0.295 e. The van der Waals surface area contributed by atoms with E-state index < -0.39 is 0 Å². The van der Waals surface area contributed by atoms with Crippen LogP contribution in [0, 0.1) is 0 Å². The summed E-state index contributed by atoms with van der Waals surface area (Å²) in [6.45, 7) is 3.18. The van der Waals surface area contributed by atoms with E-state index in [4.69, 9.17) is 23.2 Å². The van der Waals surface area contributed by atoms with Crippen LogP contribution in [0.25, 0.3) is 0 Å². The Kier molecular flexibility index (Phi) is 5.83. The van der Waals surface area contributed by atoms with Gasteiger partial charge in [-0.3, -0.25) is 4.90 Å². The van der Waals surface area contributed by atoms with Gasteiger partial charge in [-0.05, 0) is 65.8 Å². The smallest absolute Gasteiger partial charge is 0.0438 e. The van der Waals surface area contributed by atoms with Crippen molar-refractivity contribution in [1.82, 2.24) is 4.90 Å². The predicted octanol–water partition coefficient (Wildman–Crippen LogP) is 6.73. The van der Waals surface area contributed by atoms with Crippen LogP contribution in [0.1, 0.15) is 34.6 Å². The number of rotatable bonds is 6. The van der Waals surface area contributed by atoms with E-state index in [-0.39, 0.29) is 0 Å². The van der Waals surface area contributed by atoms with E-state index in [9.17, 15) is 0 Å². The summed E-state index contributed by atoms with van der Waals surface area (Å²) in [4.78, 5) is 2.54. The van der Waals surface area contributed by atoms with E-state index >= 15 is 0 Å². The van der Waals surface area contributed by atoms with Crippen molar-refractivity contribution in [2.75, 3.05) is 6.54 Å². The Balaban J connectivity index is 1.48. The second-order valence-corrected chi connectivity index (χ2v) is 8.16. The summed E-state index contributed by atoms with van der Waals surface area (Å²) in [5.41, 5.74) is 5.47. The molecule has 1 nitrogen and oxygen atoms in total. The molecule has 3 aromatic carbocycles. The van der Waals surface area contributed by atoms with E-state index in [0.717, 1.165) is 42.5 Å². The van der Waals surface area contributed by atoms with Crippen LogP contribution < -0.4 is 0 Å². The van der Waals surface area contributed by atoms with Gasteiger partial charge in [0.15, 0.2) is 0 Å². The first-order valence-electron chi connectivity index (χ1n) is 9.47. The molecule has 0 saturated heterocycles. The molecule has 0 unspecified atom stereocenters. The molecular weight excluding hydrogens is 373 g/mol. The molecule has 1 heterocycles. The van der Waals surface area contributed by atoms with Crippen LogP contribution in [0.3, 0.4) is 0 Å². The highest BCUT2D eigenvalue weighted by molar-refractivity contribution is 6.31. The molecule has 0 fully saturated rings. The van der Waals surface area contributed by atoms with Gasteiger partial charge in [0.25, 0.3) is 0 Å². The summed E-state index contributed by atoms with van der Waals surface area (Å²) in [5, 5.41) is 1.63. The molecule has 0 spiro atoms. The SMILES string of the molecule is Clc1ccc([C@H](CCN2Cc3ccccc3C2)Cc2ccccc2Cl)cc1. The van der Waals surface area contributed by atoms with Crippen molar-refractivity contribution in [3.8, 4) is 0 Å². The minimum Gasteiger partial charge on any atom is -0.295 e. The molecule has 0 bridgehead atoms. The summed E-state index contributed by atoms with van der Waals surface area (Å²) in [6.07, 6.45) is 2.04. The minimum absolute atomic E-state index is 0.422. The third-order valence-corrected chi connectivity index (χ3v) is 6.09. The van der Waals surface area contributed by atoms with Gasteiger partial charge in [0.05, 0.1) is 0 Å². The topological polar surface area (TPSA) is 3.24 Å². The molecule has 1 aliphatic rings. The van der Waals surface area contributed by atoms with Gasteiger partial charge in [-0.25, -0.2) is 0 Å². The fraction of sp³-hybridized carbons (Fsp3) is 0.250. The number of hydrogen-bond donors (Lipinski definition) is 0. The molecular formula is C24H23Cl2N. The van der Waals surface area contributed by atoms with E-state index in [2.05, 4.69) is 53.4 Å². The Bertz CT molecular complexity index is 879. The fourth-order valence-corrected chi connectivity index (χ4v) is 4.29. The molecule has 4 rings (SSSR count). The zero-order valence-corrected chi connectivity index (χ0v) is 16.8. The maximum Gasteiger partial charge on any atom is 0.0438 e. The lowest BCUT2D eigenvalue weighted by Gasteiger charge is -2.22. The Morgan fingerprint density at radius 2 is 1.41 bits per heavy atom. The van der Waals surface area contributed by atoms with Gasteiger partial charge in [-0.2, -0.15) is 0 Å². The van der Waals surface area contributed by atoms with Gasteiger partial charge in [0.2, 0.25) is 0 Å². The quantitative estimate of drug-likeness (QED) is 0.447. The van der Waals surface area contributed by atoms with Crippen molar-refractivity contribution in [1.29, 1.82) is 0 Å². The Morgan fingerprint density at radius 1 is 0.778 bits per heavy atom. The highest BCUT2D eigenvalue weighted by Crippen LogP contribution is 2.30. The van der Waals surface area contributed by atoms with Crippen molar-refractivity contribution >= 4 is 23.2 Å². The first kappa shape index (κ1) is 18.6. The van der Waals surface area contributed by atoms with Gasteiger partial charge < -0.3 is 0 Å². The monoisotopic (exact) mass is 395 g/mol. The molecule has 0 radical (unpaired) electrons. The maximum atomic E-state index is 6.44. The van der Waals surface area contributed by atoms with Crippen LogP contribution in [0.5, 0.6) is 0 Å². The van der Waals surface area contributed by atoms with Crippen molar-refractivity contribution in [2.45, 2.75) is 31.8 Å². The van der Waals surface area contributed by atoms with Crippen molar-refractivity contribution < 1.29 is 0 Å². The average Bonchev–Trinajstić information content (AvgIpc) is 3.10. The predicted molar refractivity (Wildman–Crippen MR) is 115 cm³/mol. The summed E-state index contributed by atoms with van der Waals surface area (Å²) >= 11 is 12.5. The zero-order valence-electron chi connectivity index (χ0n) is 15.2. The van der Waals surface area contributed by atoms with Crippen LogP contribution in [-0.2, 0) is 19.5 Å². The fourth-order valence-electron chi connectivity index (χ4n) is 3.95. The van der Waals surface area contributed by atoms with E-state index in [0.29, 0.717) is 5.92 Å². The minimum atomic E-state index is 0.422. The molecule has 0 aliphatic carbocycles. The second kappa shape index (κ2) is 8.48. The normalized spacial score (nSPS) is 14.9. The first-order chi connectivity index (χ1) is 13.2. The van der Waals surface area contributed by atoms with Gasteiger partial charge in [-0.1, -0.05) is 77.8 Å². The average molecular weight is 396 g/mol. The molecule has 27 heavy (non-hydrogen) atoms. The first-order valence-corrected chi connectivity index (χ1v) is 10.2. The molecule has 3 heteroatoms. The Labute approximate surface area is 171 Å². The lowest BCUT2D eigenvalue weighted by Crippen LogP contribution is -2.20. The van der Waals surface area contributed by atoms with Crippen molar-refractivity contribution in [3.63, 3.8) is 0 Å². The number of hydrogen-bond acceptors (Lipinski definition) is 1. The molecule has 0 N–H and O–H groups in total. The molecule has 0 aromatic heterocycles. The third kappa shape index (κ3) is 4.55. The van der Waals surface area contributed by atoms with Gasteiger partial charge in [0.1, 0.15) is 0 Å². The molecule has 1 aliphatic heterocycles. The lowest BCUT2D eigenvalue weighted by atomic mass is 9.89. The lowest BCUT2D eigenvalue weighted by molar-refractivity contribution is 0.271. The third-order valence-electron chi connectivity index (χ3n) is 5.47. The van der Waals surface area contributed by atoms with Crippen LogP contribution in [0.15, 0.2) is 72.8 Å². The Morgan fingerprint density at radius 3 is 2.07 bits per heavy atom. The van der Waals surface area contributed by atoms with Crippen LogP contribution >= 0.6 is 23.2 Å². The highest BCUT2D eigenvalue weighted by atomic mass is 35.5. The van der Waals surface area contributed by atoms with E-state index in [1.165, 1.54) is 22.3 Å². The summed E-state index contributed by atoms with van der Waals surface area (Å²) in [6, 6.07) is 25.2. The number of benzene rings is 3. The highest BCUT2D eigenvalue weighted by Gasteiger charge is 2.21. The number of nitrogens with zero attached hydrogens (tertiary/aromatic N) is 1. The van der Waals surface area contributed by atoms with Crippen LogP contribution in [0.2, 0.25) is 10.0 Å². The summed E-state index contributed by atoms with van der Waals surface area (Å²) in [5.74, 6) is 0.422. The molecule has 1 atom stereocenters. The van der Waals surface area contributed by atoms with Crippen LogP contribution in [0.4, 0.5) is 0 Å². The maximum absolute atomic E-state index is 6.44. The number of halogens is 2. The molecule has 0 amide bonds. The van der Waals surface area contributed by atoms with Crippen molar-refractivity contribution in [3.05, 3.63) is 105 Å². The van der Waals surface area contributed by atoms with E-state index in [1.54, 1.807) is 0 Å². The molecule has 0 saturated carbocycles. The van der Waals surface area contributed by atoms with Gasteiger partial charge >= 0.3 is 0 Å². The Hall–Kier alpha value is -1.80. The van der Waals surface area contributed by atoms with E-state index in [1.807, 2.05) is 24.3 Å². The molecule has 138 valence electrons. The number of fused-ring (bicyclic) bond motifs is 1. The van der Waals surface area contributed by atoms with Gasteiger partial charge in [-0.15, -0.1) is 0 Å². The second-order valence-electron chi connectivity index (χ2n) is 7.31. The standard InChI is InChI=1S/C24H23Cl2N/c25-23-11-9-18(10-12-23)19(15-20-5-3-4-8-24(20)26)13-14-27-16-21-6-1-2-7-22(21)17-27/h1-12,19H,13-17H2/t19-/m1/s1.